The van der Waals surface area contributed by atoms with Gasteiger partial charge in [0, 0.05) is 43.5 Å². The van der Waals surface area contributed by atoms with Gasteiger partial charge in [-0.3, -0.25) is 9.59 Å². The van der Waals surface area contributed by atoms with Crippen LogP contribution in [0.1, 0.15) is 59.1 Å². The SMILES string of the molecule is CN(CCC(=O)Nc1ccc(CNC[C@H](O)c2ccc(O)c3[nH]c(=O)ccc23)cc1F)C1CCC(OC(=O)C(O)(c2cccs2)c2cccs2)CC1. The number of aliphatic hydroxyl groups excluding tert-OH is 1. The van der Waals surface area contributed by atoms with Gasteiger partial charge in [-0.05, 0) is 91.0 Å². The molecule has 52 heavy (non-hydrogen) atoms. The fourth-order valence-electron chi connectivity index (χ4n) is 6.59. The zero-order valence-electron chi connectivity index (χ0n) is 28.5. The third kappa shape index (κ3) is 8.44. The number of nitrogens with one attached hydrogen (secondary N) is 3. The van der Waals surface area contributed by atoms with Crippen molar-refractivity contribution < 1.29 is 34.0 Å². The molecule has 1 aliphatic rings. The van der Waals surface area contributed by atoms with E-state index in [9.17, 15) is 34.1 Å². The Morgan fingerprint density at radius 1 is 1.04 bits per heavy atom. The maximum Gasteiger partial charge on any atom is 0.349 e. The van der Waals surface area contributed by atoms with Crippen LogP contribution in [0.15, 0.2) is 82.3 Å². The number of amides is 1. The fourth-order valence-corrected chi connectivity index (χ4v) is 8.30. The minimum absolute atomic E-state index is 0.0772. The highest BCUT2D eigenvalue weighted by atomic mass is 32.1. The lowest BCUT2D eigenvalue weighted by Gasteiger charge is -2.35. The van der Waals surface area contributed by atoms with Crippen molar-refractivity contribution in [2.45, 2.75) is 62.5 Å². The van der Waals surface area contributed by atoms with E-state index in [-0.39, 0.29) is 60.1 Å². The Morgan fingerprint density at radius 2 is 1.75 bits per heavy atom. The number of esters is 1. The predicted molar refractivity (Wildman–Crippen MR) is 199 cm³/mol. The number of aromatic amines is 1. The summed E-state index contributed by atoms with van der Waals surface area (Å²) in [7, 11) is 1.95. The normalized spacial score (nSPS) is 16.9. The highest BCUT2D eigenvalue weighted by molar-refractivity contribution is 7.12. The maximum absolute atomic E-state index is 15.0. The van der Waals surface area contributed by atoms with Gasteiger partial charge in [-0.25, -0.2) is 9.18 Å². The number of thiophene rings is 2. The summed E-state index contributed by atoms with van der Waals surface area (Å²) in [6.45, 7) is 0.856. The number of benzene rings is 2. The minimum atomic E-state index is -1.83. The average Bonchev–Trinajstić information content (AvgIpc) is 3.89. The Morgan fingerprint density at radius 3 is 2.40 bits per heavy atom. The van der Waals surface area contributed by atoms with Crippen molar-refractivity contribution in [3.63, 3.8) is 0 Å². The first-order chi connectivity index (χ1) is 25.0. The molecule has 5 aromatic rings. The number of aromatic hydroxyl groups is 1. The van der Waals surface area contributed by atoms with Crippen LogP contribution >= 0.6 is 22.7 Å². The average molecular weight is 749 g/mol. The Hall–Kier alpha value is -4.44. The highest BCUT2D eigenvalue weighted by Crippen LogP contribution is 2.38. The highest BCUT2D eigenvalue weighted by Gasteiger charge is 2.45. The van der Waals surface area contributed by atoms with E-state index in [4.69, 9.17) is 4.74 Å². The summed E-state index contributed by atoms with van der Waals surface area (Å²) < 4.78 is 20.8. The molecule has 274 valence electrons. The van der Waals surface area contributed by atoms with E-state index >= 15 is 0 Å². The number of carbonyl (C=O) groups is 2. The quantitative estimate of drug-likeness (QED) is 0.0820. The Kier molecular flexibility index (Phi) is 11.8. The molecule has 0 saturated heterocycles. The third-order valence-corrected chi connectivity index (χ3v) is 11.5. The summed E-state index contributed by atoms with van der Waals surface area (Å²) in [4.78, 5) is 43.5. The first kappa shape index (κ1) is 37.3. The molecular weight excluding hydrogens is 708 g/mol. The number of aromatic nitrogens is 1. The van der Waals surface area contributed by atoms with Gasteiger partial charge < -0.3 is 40.6 Å². The van der Waals surface area contributed by atoms with E-state index in [1.54, 1.807) is 42.5 Å². The molecule has 1 aliphatic carbocycles. The van der Waals surface area contributed by atoms with E-state index < -0.39 is 23.5 Å². The lowest BCUT2D eigenvalue weighted by molar-refractivity contribution is -0.169. The smallest absolute Gasteiger partial charge is 0.349 e. The largest absolute Gasteiger partial charge is 0.506 e. The van der Waals surface area contributed by atoms with Crippen molar-refractivity contribution in [3.05, 3.63) is 115 Å². The van der Waals surface area contributed by atoms with E-state index in [0.29, 0.717) is 45.7 Å². The van der Waals surface area contributed by atoms with E-state index in [1.165, 1.54) is 46.9 Å². The summed E-state index contributed by atoms with van der Waals surface area (Å²) in [5.41, 5.74) is -0.740. The number of halogens is 1. The summed E-state index contributed by atoms with van der Waals surface area (Å²) in [5.74, 6) is -1.65. The van der Waals surface area contributed by atoms with Crippen LogP contribution in [0.2, 0.25) is 0 Å². The molecule has 1 atom stereocenters. The van der Waals surface area contributed by atoms with Gasteiger partial charge in [0.15, 0.2) is 0 Å². The van der Waals surface area contributed by atoms with Crippen molar-refractivity contribution >= 4 is 51.1 Å². The zero-order valence-corrected chi connectivity index (χ0v) is 30.1. The molecule has 1 amide bonds. The molecule has 1 fully saturated rings. The van der Waals surface area contributed by atoms with Crippen LogP contribution < -0.4 is 16.2 Å². The topological polar surface area (TPSA) is 164 Å². The minimum Gasteiger partial charge on any atom is -0.506 e. The number of phenolic OH excluding ortho intramolecular Hbond substituents is 1. The van der Waals surface area contributed by atoms with Gasteiger partial charge in [0.2, 0.25) is 17.1 Å². The van der Waals surface area contributed by atoms with Crippen molar-refractivity contribution in [2.24, 2.45) is 0 Å². The molecule has 6 rings (SSSR count). The van der Waals surface area contributed by atoms with Crippen molar-refractivity contribution in [3.8, 4) is 5.75 Å². The maximum atomic E-state index is 15.0. The van der Waals surface area contributed by atoms with E-state index in [0.717, 1.165) is 12.8 Å². The first-order valence-corrected chi connectivity index (χ1v) is 18.8. The second-order valence-corrected chi connectivity index (χ2v) is 14.9. The molecule has 2 aromatic carbocycles. The van der Waals surface area contributed by atoms with Crippen molar-refractivity contribution in [1.82, 2.24) is 15.2 Å². The Balaban J connectivity index is 0.928. The number of aliphatic hydroxyl groups is 2. The molecule has 0 spiro atoms. The van der Waals surface area contributed by atoms with Crippen LogP contribution in [0, 0.1) is 5.82 Å². The summed E-state index contributed by atoms with van der Waals surface area (Å²) in [6.07, 6.45) is 1.70. The number of ether oxygens (including phenoxy) is 1. The van der Waals surface area contributed by atoms with Crippen LogP contribution in [0.5, 0.6) is 5.75 Å². The monoisotopic (exact) mass is 748 g/mol. The predicted octanol–water partition coefficient (Wildman–Crippen LogP) is 5.37. The Bertz CT molecular complexity index is 2010. The number of fused-ring (bicyclic) bond motifs is 1. The molecule has 0 aliphatic heterocycles. The third-order valence-electron chi connectivity index (χ3n) is 9.52. The molecule has 1 saturated carbocycles. The van der Waals surface area contributed by atoms with Gasteiger partial charge >= 0.3 is 5.97 Å². The van der Waals surface area contributed by atoms with Gasteiger partial charge in [-0.1, -0.05) is 24.3 Å². The molecule has 3 aromatic heterocycles. The van der Waals surface area contributed by atoms with Gasteiger partial charge in [-0.15, -0.1) is 22.7 Å². The number of hydrogen-bond donors (Lipinski definition) is 6. The molecule has 6 N–H and O–H groups in total. The van der Waals surface area contributed by atoms with Gasteiger partial charge in [0.25, 0.3) is 0 Å². The molecule has 11 nitrogen and oxygen atoms in total. The molecular formula is C38H41FN4O7S2. The van der Waals surface area contributed by atoms with Crippen LogP contribution in [0.3, 0.4) is 0 Å². The molecule has 0 unspecified atom stereocenters. The first-order valence-electron chi connectivity index (χ1n) is 17.1. The number of pyridine rings is 1. The molecule has 14 heteroatoms. The zero-order chi connectivity index (χ0) is 36.8. The second-order valence-electron chi connectivity index (χ2n) is 13.0. The van der Waals surface area contributed by atoms with Crippen LogP contribution in [0.25, 0.3) is 10.9 Å². The second kappa shape index (κ2) is 16.5. The fraction of sp³-hybridized carbons (Fsp3) is 0.342. The summed E-state index contributed by atoms with van der Waals surface area (Å²) >= 11 is 2.62. The van der Waals surface area contributed by atoms with E-state index in [1.807, 2.05) is 17.8 Å². The van der Waals surface area contributed by atoms with Crippen LogP contribution in [0.4, 0.5) is 10.1 Å². The molecule has 0 radical (unpaired) electrons. The van der Waals surface area contributed by atoms with Gasteiger partial charge in [-0.2, -0.15) is 0 Å². The number of hydrogen-bond acceptors (Lipinski definition) is 11. The van der Waals surface area contributed by atoms with Gasteiger partial charge in [0.05, 0.1) is 27.1 Å². The number of nitrogens with zero attached hydrogens (tertiary/aromatic N) is 1. The molecule has 0 bridgehead atoms. The standard InChI is InChI=1S/C38H41FN4O7S2/c1-43(24-7-9-25(10-8-24)50-37(48)38(49,32-4-2-18-51-32)33-5-3-19-52-33)17-16-35(47)41-29-13-6-23(20-28(29)39)21-40-22-31(45)26-11-14-30(44)36-27(26)12-15-34(46)42-36/h2-6,11-15,18-20,24-25,31,40,44-45,49H,7-10,16-17,21-22H2,1H3,(H,41,47)(H,42,46)/t24?,25?,31-/m0/s1. The summed E-state index contributed by atoms with van der Waals surface area (Å²) in [5, 5.41) is 42.3. The number of phenols is 1. The number of carbonyl (C=O) groups excluding carboxylic acids is 2. The number of anilines is 1. The lowest BCUT2D eigenvalue weighted by Crippen LogP contribution is -2.42. The Labute approximate surface area is 307 Å². The van der Waals surface area contributed by atoms with Crippen molar-refractivity contribution in [1.29, 1.82) is 0 Å². The van der Waals surface area contributed by atoms with Crippen LogP contribution in [-0.4, -0.2) is 69.4 Å². The van der Waals surface area contributed by atoms with Crippen molar-refractivity contribution in [2.75, 3.05) is 25.5 Å². The lowest BCUT2D eigenvalue weighted by atomic mass is 9.91. The number of H-pyrrole nitrogens is 1. The molecule has 3 heterocycles. The summed E-state index contributed by atoms with van der Waals surface area (Å²) in [6, 6.07) is 17.6. The van der Waals surface area contributed by atoms with Crippen LogP contribution in [-0.2, 0) is 26.5 Å². The number of rotatable bonds is 14. The van der Waals surface area contributed by atoms with Gasteiger partial charge in [0.1, 0.15) is 17.7 Å². The van der Waals surface area contributed by atoms with E-state index in [2.05, 4.69) is 20.5 Å².